The third-order valence-corrected chi connectivity index (χ3v) is 4.97. The Bertz CT molecular complexity index is 1340. The number of aromatic nitrogens is 2. The number of nitrogens with one attached hydrogen (secondary N) is 1. The van der Waals surface area contributed by atoms with Crippen LogP contribution in [0.25, 0.3) is 16.8 Å². The number of hydrogen-bond donors (Lipinski definition) is 1. The van der Waals surface area contributed by atoms with E-state index in [4.69, 9.17) is 0 Å². The molecule has 10 heteroatoms. The van der Waals surface area contributed by atoms with Gasteiger partial charge in [0, 0.05) is 12.1 Å². The number of carbonyl (C=O) groups excluding carboxylic acids is 1. The van der Waals surface area contributed by atoms with Crippen LogP contribution in [0.2, 0.25) is 0 Å². The van der Waals surface area contributed by atoms with Crippen molar-refractivity contribution < 1.29 is 9.72 Å². The molecule has 0 unspecified atom stereocenters. The molecule has 28 heavy (non-hydrogen) atoms. The van der Waals surface area contributed by atoms with E-state index in [1.807, 2.05) is 0 Å². The topological polar surface area (TPSA) is 127 Å². The minimum Gasteiger partial charge on any atom is -0.267 e. The Morgan fingerprint density at radius 3 is 2.57 bits per heavy atom. The average molecular weight is 394 g/mol. The number of carbonyl (C=O) groups is 1. The van der Waals surface area contributed by atoms with Crippen LogP contribution >= 0.6 is 11.8 Å². The summed E-state index contributed by atoms with van der Waals surface area (Å²) in [6.07, 6.45) is 1.45. The molecule has 1 amide bonds. The highest BCUT2D eigenvalue weighted by atomic mass is 32.2. The normalized spacial score (nSPS) is 15.2. The Morgan fingerprint density at radius 1 is 1.07 bits per heavy atom. The highest BCUT2D eigenvalue weighted by Crippen LogP contribution is 2.29. The summed E-state index contributed by atoms with van der Waals surface area (Å²) >= 11 is 0.897. The summed E-state index contributed by atoms with van der Waals surface area (Å²) in [5.74, 6) is -0.604. The lowest BCUT2D eigenvalue weighted by molar-refractivity contribution is -0.384. The maximum absolute atomic E-state index is 12.7. The molecule has 0 atom stereocenters. The Balaban J connectivity index is 1.74. The number of benzene rings is 2. The molecule has 1 N–H and O–H groups in total. The Morgan fingerprint density at radius 2 is 1.82 bits per heavy atom. The minimum atomic E-state index is -0.604. The SMILES string of the molecule is O=C1N=C(n2[nH]c(=O)c3ccccc3c2=O)S/C1=C\c1cccc([N+](=O)[O-])c1. The average Bonchev–Trinajstić information content (AvgIpc) is 3.05. The van der Waals surface area contributed by atoms with Gasteiger partial charge in [0.05, 0.1) is 20.6 Å². The molecule has 0 fully saturated rings. The first-order chi connectivity index (χ1) is 13.4. The van der Waals surface area contributed by atoms with Gasteiger partial charge in [0.25, 0.3) is 22.7 Å². The molecule has 4 rings (SSSR count). The Labute approximate surface area is 160 Å². The highest BCUT2D eigenvalue weighted by molar-refractivity contribution is 8.18. The second-order valence-corrected chi connectivity index (χ2v) is 6.80. The Kier molecular flexibility index (Phi) is 4.24. The van der Waals surface area contributed by atoms with Gasteiger partial charge >= 0.3 is 0 Å². The molecule has 0 spiro atoms. The van der Waals surface area contributed by atoms with Crippen molar-refractivity contribution in [2.45, 2.75) is 0 Å². The molecule has 1 aliphatic rings. The monoisotopic (exact) mass is 394 g/mol. The van der Waals surface area contributed by atoms with Crippen LogP contribution in [0.3, 0.4) is 0 Å². The van der Waals surface area contributed by atoms with Crippen LogP contribution < -0.4 is 11.1 Å². The van der Waals surface area contributed by atoms with Gasteiger partial charge in [0.15, 0.2) is 5.17 Å². The van der Waals surface area contributed by atoms with Gasteiger partial charge in [0.2, 0.25) is 0 Å². The third-order valence-electron chi connectivity index (χ3n) is 4.00. The van der Waals surface area contributed by atoms with Gasteiger partial charge in [-0.05, 0) is 35.5 Å². The quantitative estimate of drug-likeness (QED) is 0.403. The predicted octanol–water partition coefficient (Wildman–Crippen LogP) is 2.12. The largest absolute Gasteiger partial charge is 0.286 e. The van der Waals surface area contributed by atoms with Crippen molar-refractivity contribution in [1.82, 2.24) is 9.78 Å². The van der Waals surface area contributed by atoms with E-state index in [2.05, 4.69) is 10.1 Å². The molecule has 3 aromatic rings. The number of fused-ring (bicyclic) bond motifs is 1. The lowest BCUT2D eigenvalue weighted by atomic mass is 10.2. The first kappa shape index (κ1) is 17.6. The number of hydrogen-bond acceptors (Lipinski definition) is 6. The maximum Gasteiger partial charge on any atom is 0.286 e. The number of nitrogens with zero attached hydrogens (tertiary/aromatic N) is 3. The van der Waals surface area contributed by atoms with Crippen molar-refractivity contribution in [3.05, 3.63) is 89.8 Å². The van der Waals surface area contributed by atoms with E-state index in [0.717, 1.165) is 16.4 Å². The van der Waals surface area contributed by atoms with Gasteiger partial charge < -0.3 is 0 Å². The van der Waals surface area contributed by atoms with Crippen LogP contribution in [0, 0.1) is 10.1 Å². The molecule has 138 valence electrons. The molecular weight excluding hydrogens is 384 g/mol. The summed E-state index contributed by atoms with van der Waals surface area (Å²) in [5.41, 5.74) is -0.658. The first-order valence-corrected chi connectivity index (χ1v) is 8.77. The van der Waals surface area contributed by atoms with E-state index >= 15 is 0 Å². The van der Waals surface area contributed by atoms with Crippen molar-refractivity contribution in [2.24, 2.45) is 4.99 Å². The van der Waals surface area contributed by atoms with Gasteiger partial charge in [-0.1, -0.05) is 24.3 Å². The van der Waals surface area contributed by atoms with E-state index < -0.39 is 21.9 Å². The zero-order valence-electron chi connectivity index (χ0n) is 14.0. The van der Waals surface area contributed by atoms with Gasteiger partial charge in [-0.2, -0.15) is 9.67 Å². The van der Waals surface area contributed by atoms with Crippen LogP contribution in [0.5, 0.6) is 0 Å². The summed E-state index contributed by atoms with van der Waals surface area (Å²) in [6, 6.07) is 12.1. The molecule has 9 nitrogen and oxygen atoms in total. The number of aliphatic imine (C=N–C) groups is 1. The van der Waals surface area contributed by atoms with Crippen molar-refractivity contribution >= 4 is 45.4 Å². The number of rotatable bonds is 2. The molecule has 0 aliphatic carbocycles. The fourth-order valence-electron chi connectivity index (χ4n) is 2.71. The Hall–Kier alpha value is -3.79. The highest BCUT2D eigenvalue weighted by Gasteiger charge is 2.25. The number of nitro groups is 1. The van der Waals surface area contributed by atoms with Crippen LogP contribution in [-0.4, -0.2) is 25.8 Å². The number of thioether (sulfide) groups is 1. The van der Waals surface area contributed by atoms with Gasteiger partial charge in [0.1, 0.15) is 0 Å². The minimum absolute atomic E-state index is 0.00883. The van der Waals surface area contributed by atoms with Gasteiger partial charge in [-0.25, -0.2) is 0 Å². The lowest BCUT2D eigenvalue weighted by Gasteiger charge is -2.05. The maximum atomic E-state index is 12.7. The van der Waals surface area contributed by atoms with Crippen LogP contribution in [-0.2, 0) is 4.79 Å². The van der Waals surface area contributed by atoms with Crippen molar-refractivity contribution in [2.75, 3.05) is 0 Å². The molecular formula is C18H10N4O5S. The molecule has 2 heterocycles. The summed E-state index contributed by atoms with van der Waals surface area (Å²) in [7, 11) is 0. The summed E-state index contributed by atoms with van der Waals surface area (Å²) in [6.45, 7) is 0. The van der Waals surface area contributed by atoms with Crippen molar-refractivity contribution in [3.8, 4) is 0 Å². The van der Waals surface area contributed by atoms with E-state index in [1.165, 1.54) is 36.4 Å². The molecule has 1 aliphatic heterocycles. The molecule has 2 aromatic carbocycles. The lowest BCUT2D eigenvalue weighted by Crippen LogP contribution is -2.33. The number of H-pyrrole nitrogens is 1. The number of amides is 1. The zero-order chi connectivity index (χ0) is 19.8. The van der Waals surface area contributed by atoms with Gasteiger partial charge in [-0.3, -0.25) is 29.6 Å². The van der Waals surface area contributed by atoms with E-state index in [9.17, 15) is 24.5 Å². The summed E-state index contributed by atoms with van der Waals surface area (Å²) in [4.78, 5) is 51.5. The molecule has 0 saturated heterocycles. The van der Waals surface area contributed by atoms with Gasteiger partial charge in [-0.15, -0.1) is 0 Å². The van der Waals surface area contributed by atoms with E-state index in [1.54, 1.807) is 18.2 Å². The fraction of sp³-hybridized carbons (Fsp3) is 0. The predicted molar refractivity (Wildman–Crippen MR) is 105 cm³/mol. The summed E-state index contributed by atoms with van der Waals surface area (Å²) < 4.78 is 0.932. The standard InChI is InChI=1S/C18H10N4O5S/c23-15-12-6-1-2-7-13(12)17(25)21(20-15)18-19-16(24)14(28-18)9-10-4-3-5-11(8-10)22(26)27/h1-9H,(H,20,23)/b14-9-. The smallest absolute Gasteiger partial charge is 0.267 e. The van der Waals surface area contributed by atoms with Crippen LogP contribution in [0.15, 0.2) is 68.0 Å². The second-order valence-electron chi connectivity index (χ2n) is 5.79. The number of aromatic amines is 1. The van der Waals surface area contributed by atoms with Crippen molar-refractivity contribution in [1.29, 1.82) is 0 Å². The number of nitro benzene ring substituents is 1. The number of non-ortho nitro benzene ring substituents is 1. The summed E-state index contributed by atoms with van der Waals surface area (Å²) in [5, 5.41) is 13.8. The molecule has 0 radical (unpaired) electrons. The van der Waals surface area contributed by atoms with Crippen LogP contribution in [0.4, 0.5) is 5.69 Å². The molecule has 0 saturated carbocycles. The molecule has 0 bridgehead atoms. The molecule has 1 aromatic heterocycles. The second kappa shape index (κ2) is 6.74. The van der Waals surface area contributed by atoms with E-state index in [0.29, 0.717) is 5.56 Å². The van der Waals surface area contributed by atoms with E-state index in [-0.39, 0.29) is 26.5 Å². The first-order valence-electron chi connectivity index (χ1n) is 7.95. The zero-order valence-corrected chi connectivity index (χ0v) is 14.8. The third kappa shape index (κ3) is 3.05. The van der Waals surface area contributed by atoms with Crippen molar-refractivity contribution in [3.63, 3.8) is 0 Å². The fourth-order valence-corrected chi connectivity index (χ4v) is 3.58. The van der Waals surface area contributed by atoms with Crippen LogP contribution in [0.1, 0.15) is 5.56 Å².